The number of hydrogen-bond acceptors (Lipinski definition) is 1. The van der Waals surface area contributed by atoms with Crippen LogP contribution in [0.3, 0.4) is 0 Å². The zero-order chi connectivity index (χ0) is 8.55. The summed E-state index contributed by atoms with van der Waals surface area (Å²) in [6.07, 6.45) is 1.50. The highest BCUT2D eigenvalue weighted by molar-refractivity contribution is 14.1. The van der Waals surface area contributed by atoms with Crippen molar-refractivity contribution in [1.82, 2.24) is 0 Å². The molecule has 0 aliphatic heterocycles. The van der Waals surface area contributed by atoms with E-state index in [-0.39, 0.29) is 0 Å². The molecule has 0 radical (unpaired) electrons. The molecule has 0 amide bonds. The highest BCUT2D eigenvalue weighted by Gasteiger charge is 2.27. The van der Waals surface area contributed by atoms with E-state index in [9.17, 15) is 4.79 Å². The lowest BCUT2D eigenvalue weighted by Crippen LogP contribution is -2.20. The molecule has 0 spiro atoms. The van der Waals surface area contributed by atoms with Crippen LogP contribution in [0.25, 0.3) is 0 Å². The molecule has 0 unspecified atom stereocenters. The van der Waals surface area contributed by atoms with E-state index in [1.54, 1.807) is 0 Å². The molecule has 1 nitrogen and oxygen atoms in total. The van der Waals surface area contributed by atoms with Gasteiger partial charge in [0.2, 0.25) is 0 Å². The lowest BCUT2D eigenvalue weighted by Gasteiger charge is -2.24. The SMILES string of the molecule is O=C1CC(c2ccc(I)cc2)C1. The molecule has 62 valence electrons. The van der Waals surface area contributed by atoms with E-state index < -0.39 is 0 Å². The van der Waals surface area contributed by atoms with E-state index in [2.05, 4.69) is 46.9 Å². The Balaban J connectivity index is 2.14. The first-order valence-electron chi connectivity index (χ1n) is 4.03. The highest BCUT2D eigenvalue weighted by atomic mass is 127. The van der Waals surface area contributed by atoms with Crippen molar-refractivity contribution in [2.45, 2.75) is 18.8 Å². The molecule has 1 aliphatic rings. The zero-order valence-corrected chi connectivity index (χ0v) is 8.74. The Hall–Kier alpha value is -0.380. The lowest BCUT2D eigenvalue weighted by atomic mass is 9.79. The predicted molar refractivity (Wildman–Crippen MR) is 56.1 cm³/mol. The van der Waals surface area contributed by atoms with Crippen LogP contribution < -0.4 is 0 Å². The van der Waals surface area contributed by atoms with Gasteiger partial charge in [-0.05, 0) is 46.2 Å². The fourth-order valence-corrected chi connectivity index (χ4v) is 1.82. The maximum absolute atomic E-state index is 10.7. The van der Waals surface area contributed by atoms with Gasteiger partial charge in [-0.15, -0.1) is 0 Å². The standard InChI is InChI=1S/C10H9IO/c11-9-3-1-7(2-4-9)8-5-10(12)6-8/h1-4,8H,5-6H2. The Morgan fingerprint density at radius 3 is 2.25 bits per heavy atom. The predicted octanol–water partition coefficient (Wildman–Crippen LogP) is 2.74. The minimum Gasteiger partial charge on any atom is -0.300 e. The molecule has 12 heavy (non-hydrogen) atoms. The fourth-order valence-electron chi connectivity index (χ4n) is 1.46. The van der Waals surface area contributed by atoms with Gasteiger partial charge in [-0.1, -0.05) is 12.1 Å². The number of Topliss-reactive ketones (excluding diaryl/α,β-unsaturated/α-hetero) is 1. The third kappa shape index (κ3) is 1.53. The molecule has 1 saturated carbocycles. The number of carbonyl (C=O) groups excluding carboxylic acids is 1. The molecule has 0 aromatic heterocycles. The van der Waals surface area contributed by atoms with Crippen LogP contribution in [0.1, 0.15) is 24.3 Å². The van der Waals surface area contributed by atoms with Crippen LogP contribution in [-0.4, -0.2) is 5.78 Å². The van der Waals surface area contributed by atoms with Gasteiger partial charge in [0.15, 0.2) is 0 Å². The first kappa shape index (κ1) is 8.23. The van der Waals surface area contributed by atoms with Crippen LogP contribution in [0.5, 0.6) is 0 Å². The molecule has 0 atom stereocenters. The van der Waals surface area contributed by atoms with Crippen LogP contribution in [0.2, 0.25) is 0 Å². The van der Waals surface area contributed by atoms with E-state index in [4.69, 9.17) is 0 Å². The number of ketones is 1. The van der Waals surface area contributed by atoms with Crippen LogP contribution in [0, 0.1) is 3.57 Å². The van der Waals surface area contributed by atoms with E-state index in [0.717, 1.165) is 12.8 Å². The van der Waals surface area contributed by atoms with Gasteiger partial charge < -0.3 is 0 Å². The summed E-state index contributed by atoms with van der Waals surface area (Å²) >= 11 is 2.29. The average Bonchev–Trinajstić information content (AvgIpc) is 2.01. The molecule has 0 N–H and O–H groups in total. The van der Waals surface area contributed by atoms with Gasteiger partial charge in [0, 0.05) is 16.4 Å². The molecular formula is C10H9IO. The van der Waals surface area contributed by atoms with Crippen molar-refractivity contribution in [1.29, 1.82) is 0 Å². The molecule has 0 heterocycles. The molecule has 0 saturated heterocycles. The van der Waals surface area contributed by atoms with Gasteiger partial charge in [-0.2, -0.15) is 0 Å². The highest BCUT2D eigenvalue weighted by Crippen LogP contribution is 2.33. The van der Waals surface area contributed by atoms with Gasteiger partial charge in [0.1, 0.15) is 5.78 Å². The maximum Gasteiger partial charge on any atom is 0.134 e. The summed E-state index contributed by atoms with van der Waals surface area (Å²) in [4.78, 5) is 10.7. The van der Waals surface area contributed by atoms with Crippen LogP contribution in [0.15, 0.2) is 24.3 Å². The van der Waals surface area contributed by atoms with Crippen molar-refractivity contribution in [2.24, 2.45) is 0 Å². The van der Waals surface area contributed by atoms with Gasteiger partial charge in [0.05, 0.1) is 0 Å². The summed E-state index contributed by atoms with van der Waals surface area (Å²) in [5.41, 5.74) is 1.31. The molecule has 1 fully saturated rings. The molecule has 2 heteroatoms. The summed E-state index contributed by atoms with van der Waals surface area (Å²) in [5, 5.41) is 0. The Morgan fingerprint density at radius 2 is 1.75 bits per heavy atom. The number of benzene rings is 1. The zero-order valence-electron chi connectivity index (χ0n) is 6.59. The minimum atomic E-state index is 0.401. The Labute approximate surface area is 85.3 Å². The first-order chi connectivity index (χ1) is 5.75. The Bertz CT molecular complexity index is 294. The van der Waals surface area contributed by atoms with Crippen molar-refractivity contribution < 1.29 is 4.79 Å². The van der Waals surface area contributed by atoms with Crippen molar-refractivity contribution >= 4 is 28.4 Å². The van der Waals surface area contributed by atoms with Crippen molar-refractivity contribution in [2.75, 3.05) is 0 Å². The number of halogens is 1. The normalized spacial score (nSPS) is 17.6. The van der Waals surface area contributed by atoms with Gasteiger partial charge in [-0.3, -0.25) is 4.79 Å². The third-order valence-electron chi connectivity index (χ3n) is 2.29. The molecule has 1 aliphatic carbocycles. The molecule has 1 aromatic rings. The third-order valence-corrected chi connectivity index (χ3v) is 3.01. The molecule has 2 rings (SSSR count). The molecular weight excluding hydrogens is 263 g/mol. The van der Waals surface area contributed by atoms with Gasteiger partial charge in [0.25, 0.3) is 0 Å². The quantitative estimate of drug-likeness (QED) is 0.718. The largest absolute Gasteiger partial charge is 0.300 e. The lowest BCUT2D eigenvalue weighted by molar-refractivity contribution is -0.124. The second-order valence-corrected chi connectivity index (χ2v) is 4.44. The van der Waals surface area contributed by atoms with E-state index in [1.807, 2.05) is 0 Å². The van der Waals surface area contributed by atoms with Gasteiger partial charge >= 0.3 is 0 Å². The summed E-state index contributed by atoms with van der Waals surface area (Å²) in [7, 11) is 0. The average molecular weight is 272 g/mol. The van der Waals surface area contributed by atoms with E-state index >= 15 is 0 Å². The number of hydrogen-bond donors (Lipinski definition) is 0. The monoisotopic (exact) mass is 272 g/mol. The molecule has 0 bridgehead atoms. The second-order valence-electron chi connectivity index (χ2n) is 3.20. The number of rotatable bonds is 1. The smallest absolute Gasteiger partial charge is 0.134 e. The maximum atomic E-state index is 10.7. The van der Waals surface area contributed by atoms with Crippen molar-refractivity contribution in [3.63, 3.8) is 0 Å². The van der Waals surface area contributed by atoms with E-state index in [0.29, 0.717) is 11.7 Å². The first-order valence-corrected chi connectivity index (χ1v) is 5.11. The van der Waals surface area contributed by atoms with Crippen LogP contribution >= 0.6 is 22.6 Å². The fraction of sp³-hybridized carbons (Fsp3) is 0.300. The summed E-state index contributed by atoms with van der Waals surface area (Å²) in [5.74, 6) is 0.910. The Kier molecular flexibility index (Phi) is 2.17. The second kappa shape index (κ2) is 3.17. The van der Waals surface area contributed by atoms with Crippen LogP contribution in [0.4, 0.5) is 0 Å². The summed E-state index contributed by atoms with van der Waals surface area (Å²) in [6.45, 7) is 0. The summed E-state index contributed by atoms with van der Waals surface area (Å²) in [6, 6.07) is 8.44. The number of carbonyl (C=O) groups is 1. The summed E-state index contributed by atoms with van der Waals surface area (Å²) < 4.78 is 1.25. The minimum absolute atomic E-state index is 0.401. The van der Waals surface area contributed by atoms with Crippen molar-refractivity contribution in [3.8, 4) is 0 Å². The van der Waals surface area contributed by atoms with Crippen LogP contribution in [-0.2, 0) is 4.79 Å². The van der Waals surface area contributed by atoms with E-state index in [1.165, 1.54) is 9.13 Å². The Morgan fingerprint density at radius 1 is 1.17 bits per heavy atom. The van der Waals surface area contributed by atoms with Crippen molar-refractivity contribution in [3.05, 3.63) is 33.4 Å². The topological polar surface area (TPSA) is 17.1 Å². The van der Waals surface area contributed by atoms with Gasteiger partial charge in [-0.25, -0.2) is 0 Å². The molecule has 1 aromatic carbocycles.